The van der Waals surface area contributed by atoms with E-state index in [2.05, 4.69) is 0 Å². The van der Waals surface area contributed by atoms with Gasteiger partial charge in [-0.1, -0.05) is 18.2 Å². The number of carbonyl (C=O) groups is 2. The monoisotopic (exact) mass is 358 g/mol. The lowest BCUT2D eigenvalue weighted by atomic mass is 10.0. The van der Waals surface area contributed by atoms with E-state index in [9.17, 15) is 9.59 Å². The molecular formula is C21H30N2O3. The molecule has 2 heterocycles. The predicted molar refractivity (Wildman–Crippen MR) is 101 cm³/mol. The van der Waals surface area contributed by atoms with Crippen LogP contribution in [0.1, 0.15) is 45.6 Å². The van der Waals surface area contributed by atoms with Crippen molar-refractivity contribution < 1.29 is 14.3 Å². The van der Waals surface area contributed by atoms with E-state index >= 15 is 0 Å². The summed E-state index contributed by atoms with van der Waals surface area (Å²) in [7, 11) is 0. The minimum atomic E-state index is -0.222. The summed E-state index contributed by atoms with van der Waals surface area (Å²) in [5.41, 5.74) is 0.915. The maximum atomic E-state index is 12.8. The van der Waals surface area contributed by atoms with E-state index in [1.807, 2.05) is 61.8 Å². The van der Waals surface area contributed by atoms with Gasteiger partial charge in [0.05, 0.1) is 5.92 Å². The van der Waals surface area contributed by atoms with Crippen molar-refractivity contribution in [3.63, 3.8) is 0 Å². The number of hydrogen-bond donors (Lipinski definition) is 0. The molecule has 0 radical (unpaired) electrons. The summed E-state index contributed by atoms with van der Waals surface area (Å²) in [6.45, 7) is 10.1. The number of amides is 2. The summed E-state index contributed by atoms with van der Waals surface area (Å²) in [5.74, 6) is 0.947. The normalized spacial score (nSPS) is 22.0. The average molecular weight is 358 g/mol. The molecule has 0 N–H and O–H groups in total. The van der Waals surface area contributed by atoms with Crippen molar-refractivity contribution in [2.24, 2.45) is 5.92 Å². The van der Waals surface area contributed by atoms with Crippen LogP contribution in [-0.2, 0) is 9.59 Å². The van der Waals surface area contributed by atoms with Crippen LogP contribution in [0.25, 0.3) is 0 Å². The first-order valence-corrected chi connectivity index (χ1v) is 9.57. The van der Waals surface area contributed by atoms with Gasteiger partial charge >= 0.3 is 0 Å². The Hall–Kier alpha value is -2.04. The van der Waals surface area contributed by atoms with Gasteiger partial charge in [-0.05, 0) is 39.3 Å². The third kappa shape index (κ3) is 4.02. The van der Waals surface area contributed by atoms with Gasteiger partial charge in [0, 0.05) is 44.4 Å². The Labute approximate surface area is 156 Å². The van der Waals surface area contributed by atoms with E-state index in [4.69, 9.17) is 4.74 Å². The molecule has 1 atom stereocenters. The van der Waals surface area contributed by atoms with Gasteiger partial charge in [-0.3, -0.25) is 9.59 Å². The van der Waals surface area contributed by atoms with Crippen LogP contribution in [0, 0.1) is 12.8 Å². The standard InChI is InChI=1S/C21H30N2O3/c1-15-7-5-6-8-18(15)26-17-9-11-22(12-10-17)20(25)16-13-19(24)23(14-16)21(2,3)4/h5-8,16-17H,9-14H2,1-4H3/t16-/m1/s1. The third-order valence-electron chi connectivity index (χ3n) is 5.42. The number of para-hydroxylation sites is 1. The summed E-state index contributed by atoms with van der Waals surface area (Å²) in [5, 5.41) is 0. The fourth-order valence-corrected chi connectivity index (χ4v) is 3.84. The van der Waals surface area contributed by atoms with E-state index in [-0.39, 0.29) is 29.4 Å². The number of aryl methyl sites for hydroxylation is 1. The zero-order valence-corrected chi connectivity index (χ0v) is 16.3. The van der Waals surface area contributed by atoms with Gasteiger partial charge in [-0.25, -0.2) is 0 Å². The lowest BCUT2D eigenvalue weighted by molar-refractivity contribution is -0.137. The molecule has 142 valence electrons. The lowest BCUT2D eigenvalue weighted by Gasteiger charge is -2.35. The highest BCUT2D eigenvalue weighted by atomic mass is 16.5. The van der Waals surface area contributed by atoms with Gasteiger partial charge in [-0.2, -0.15) is 0 Å². The SMILES string of the molecule is Cc1ccccc1OC1CCN(C(=O)[C@@H]2CC(=O)N(C(C)(C)C)C2)CC1. The zero-order valence-electron chi connectivity index (χ0n) is 16.3. The highest BCUT2D eigenvalue weighted by Gasteiger charge is 2.41. The molecule has 2 amide bonds. The molecule has 2 saturated heterocycles. The number of carbonyl (C=O) groups excluding carboxylic acids is 2. The van der Waals surface area contributed by atoms with Crippen LogP contribution in [0.4, 0.5) is 0 Å². The number of rotatable bonds is 3. The molecule has 0 unspecified atom stereocenters. The fourth-order valence-electron chi connectivity index (χ4n) is 3.84. The molecule has 0 spiro atoms. The Balaban J connectivity index is 1.53. The number of ether oxygens (including phenoxy) is 1. The van der Waals surface area contributed by atoms with Crippen LogP contribution in [0.2, 0.25) is 0 Å². The van der Waals surface area contributed by atoms with Gasteiger partial charge in [0.25, 0.3) is 0 Å². The highest BCUT2D eigenvalue weighted by molar-refractivity contribution is 5.89. The number of likely N-dealkylation sites (tertiary alicyclic amines) is 2. The number of hydrogen-bond acceptors (Lipinski definition) is 3. The van der Waals surface area contributed by atoms with Crippen LogP contribution < -0.4 is 4.74 Å². The van der Waals surface area contributed by atoms with Crippen LogP contribution in [0.5, 0.6) is 5.75 Å². The summed E-state index contributed by atoms with van der Waals surface area (Å²) in [6, 6.07) is 8.04. The van der Waals surface area contributed by atoms with Crippen LogP contribution in [0.3, 0.4) is 0 Å². The van der Waals surface area contributed by atoms with E-state index in [1.54, 1.807) is 0 Å². The van der Waals surface area contributed by atoms with E-state index < -0.39 is 0 Å². The molecule has 0 aliphatic carbocycles. The second-order valence-electron chi connectivity index (χ2n) is 8.48. The molecule has 0 bridgehead atoms. The first-order chi connectivity index (χ1) is 12.3. The second kappa shape index (κ2) is 7.29. The van der Waals surface area contributed by atoms with Crippen molar-refractivity contribution in [2.75, 3.05) is 19.6 Å². The number of nitrogens with zero attached hydrogens (tertiary/aromatic N) is 2. The Bertz CT molecular complexity index is 672. The van der Waals surface area contributed by atoms with Crippen molar-refractivity contribution in [2.45, 2.75) is 58.6 Å². The fraction of sp³-hybridized carbons (Fsp3) is 0.619. The van der Waals surface area contributed by atoms with Crippen LogP contribution in [0.15, 0.2) is 24.3 Å². The summed E-state index contributed by atoms with van der Waals surface area (Å²) in [4.78, 5) is 28.8. The van der Waals surface area contributed by atoms with Gasteiger partial charge < -0.3 is 14.5 Å². The minimum absolute atomic E-state index is 0.0913. The highest BCUT2D eigenvalue weighted by Crippen LogP contribution is 2.28. The summed E-state index contributed by atoms with van der Waals surface area (Å²) in [6.07, 6.45) is 2.17. The first-order valence-electron chi connectivity index (χ1n) is 9.57. The van der Waals surface area contributed by atoms with Gasteiger partial charge in [-0.15, -0.1) is 0 Å². The Morgan fingerprint density at radius 2 is 1.81 bits per heavy atom. The molecule has 0 aromatic heterocycles. The van der Waals surface area contributed by atoms with Gasteiger partial charge in [0.15, 0.2) is 0 Å². The number of piperidine rings is 1. The van der Waals surface area contributed by atoms with Crippen molar-refractivity contribution in [1.29, 1.82) is 0 Å². The van der Waals surface area contributed by atoms with Gasteiger partial charge in [0.2, 0.25) is 11.8 Å². The van der Waals surface area contributed by atoms with Crippen molar-refractivity contribution in [3.05, 3.63) is 29.8 Å². The largest absolute Gasteiger partial charge is 0.490 e. The van der Waals surface area contributed by atoms with E-state index in [0.717, 1.165) is 24.2 Å². The maximum Gasteiger partial charge on any atom is 0.227 e. The smallest absolute Gasteiger partial charge is 0.227 e. The Morgan fingerprint density at radius 3 is 2.38 bits per heavy atom. The predicted octanol–water partition coefficient (Wildman–Crippen LogP) is 3.01. The molecule has 26 heavy (non-hydrogen) atoms. The zero-order chi connectivity index (χ0) is 18.9. The molecule has 1 aromatic rings. The lowest BCUT2D eigenvalue weighted by Crippen LogP contribution is -2.46. The molecule has 1 aromatic carbocycles. The van der Waals surface area contributed by atoms with Crippen LogP contribution in [-0.4, -0.2) is 52.9 Å². The molecule has 2 aliphatic rings. The first kappa shape index (κ1) is 18.7. The molecule has 3 rings (SSSR count). The molecule has 5 nitrogen and oxygen atoms in total. The molecular weight excluding hydrogens is 328 g/mol. The Kier molecular flexibility index (Phi) is 5.26. The average Bonchev–Trinajstić information content (AvgIpc) is 2.99. The Morgan fingerprint density at radius 1 is 1.15 bits per heavy atom. The second-order valence-corrected chi connectivity index (χ2v) is 8.48. The van der Waals surface area contributed by atoms with Crippen LogP contribution >= 0.6 is 0 Å². The van der Waals surface area contributed by atoms with Crippen molar-refractivity contribution >= 4 is 11.8 Å². The van der Waals surface area contributed by atoms with Crippen molar-refractivity contribution in [1.82, 2.24) is 9.80 Å². The molecule has 2 fully saturated rings. The minimum Gasteiger partial charge on any atom is -0.490 e. The summed E-state index contributed by atoms with van der Waals surface area (Å²) >= 11 is 0. The molecule has 5 heteroatoms. The van der Waals surface area contributed by atoms with E-state index in [0.29, 0.717) is 26.1 Å². The quantitative estimate of drug-likeness (QED) is 0.835. The number of benzene rings is 1. The summed E-state index contributed by atoms with van der Waals surface area (Å²) < 4.78 is 6.12. The topological polar surface area (TPSA) is 49.9 Å². The molecule has 0 saturated carbocycles. The molecule has 2 aliphatic heterocycles. The van der Waals surface area contributed by atoms with Crippen molar-refractivity contribution in [3.8, 4) is 5.75 Å². The third-order valence-corrected chi connectivity index (χ3v) is 5.42. The van der Waals surface area contributed by atoms with E-state index in [1.165, 1.54) is 0 Å². The maximum absolute atomic E-state index is 12.8. The van der Waals surface area contributed by atoms with Gasteiger partial charge in [0.1, 0.15) is 11.9 Å².